The van der Waals surface area contributed by atoms with E-state index in [0.717, 1.165) is 32.5 Å². The third-order valence-electron chi connectivity index (χ3n) is 3.48. The molecule has 2 N–H and O–H groups in total. The molecule has 5 heteroatoms. The van der Waals surface area contributed by atoms with E-state index in [2.05, 4.69) is 61.0 Å². The number of rotatable bonds is 1. The number of nitrogens with one attached hydrogen (secondary N) is 2. The van der Waals surface area contributed by atoms with Crippen molar-refractivity contribution < 1.29 is 0 Å². The fourth-order valence-electron chi connectivity index (χ4n) is 2.50. The maximum Gasteiger partial charge on any atom is 0.157 e. The summed E-state index contributed by atoms with van der Waals surface area (Å²) < 4.78 is 0.929. The quantitative estimate of drug-likeness (QED) is 0.551. The topological polar surface area (TPSA) is 57.4 Å². The van der Waals surface area contributed by atoms with E-state index in [1.165, 1.54) is 10.9 Å². The maximum absolute atomic E-state index is 4.63. The van der Waals surface area contributed by atoms with Crippen molar-refractivity contribution in [3.8, 4) is 11.4 Å². The predicted octanol–water partition coefficient (Wildman–Crippen LogP) is 4.18. The molecule has 4 rings (SSSR count). The minimum atomic E-state index is 0.796. The summed E-state index contributed by atoms with van der Waals surface area (Å²) in [6, 6.07) is 8.22. The van der Waals surface area contributed by atoms with Crippen molar-refractivity contribution in [2.45, 2.75) is 6.92 Å². The third kappa shape index (κ3) is 1.67. The van der Waals surface area contributed by atoms with Crippen LogP contribution in [0.1, 0.15) is 5.56 Å². The van der Waals surface area contributed by atoms with Crippen LogP contribution in [0, 0.1) is 6.92 Å². The van der Waals surface area contributed by atoms with Crippen LogP contribution in [0.4, 0.5) is 0 Å². The molecule has 0 atom stereocenters. The summed E-state index contributed by atoms with van der Waals surface area (Å²) in [4.78, 5) is 15.6. The molecule has 3 aromatic heterocycles. The molecule has 0 aliphatic carbocycles. The van der Waals surface area contributed by atoms with Crippen molar-refractivity contribution in [1.82, 2.24) is 19.9 Å². The number of imidazole rings is 1. The monoisotopic (exact) mass is 326 g/mol. The molecule has 20 heavy (non-hydrogen) atoms. The van der Waals surface area contributed by atoms with Crippen molar-refractivity contribution in [1.29, 1.82) is 0 Å². The lowest BCUT2D eigenvalue weighted by atomic mass is 10.1. The number of hydrogen-bond acceptors (Lipinski definition) is 2. The van der Waals surface area contributed by atoms with E-state index in [1.54, 1.807) is 6.20 Å². The van der Waals surface area contributed by atoms with E-state index < -0.39 is 0 Å². The highest BCUT2D eigenvalue weighted by atomic mass is 79.9. The highest BCUT2D eigenvalue weighted by molar-refractivity contribution is 9.10. The Bertz CT molecular complexity index is 936. The zero-order chi connectivity index (χ0) is 13.7. The summed E-state index contributed by atoms with van der Waals surface area (Å²) in [5, 5.41) is 1.17. The van der Waals surface area contributed by atoms with E-state index in [-0.39, 0.29) is 0 Å². The van der Waals surface area contributed by atoms with Gasteiger partial charge in [-0.25, -0.2) is 9.97 Å². The zero-order valence-corrected chi connectivity index (χ0v) is 12.3. The number of aromatic nitrogens is 4. The van der Waals surface area contributed by atoms with Gasteiger partial charge in [0.15, 0.2) is 5.65 Å². The zero-order valence-electron chi connectivity index (χ0n) is 10.7. The molecule has 3 heterocycles. The second-order valence-electron chi connectivity index (χ2n) is 4.81. The lowest BCUT2D eigenvalue weighted by Crippen LogP contribution is -1.79. The first kappa shape index (κ1) is 11.7. The molecule has 4 nitrogen and oxygen atoms in total. The summed E-state index contributed by atoms with van der Waals surface area (Å²) >= 11 is 3.42. The van der Waals surface area contributed by atoms with Gasteiger partial charge in [-0.1, -0.05) is 18.2 Å². The van der Waals surface area contributed by atoms with Gasteiger partial charge < -0.3 is 9.97 Å². The Kier molecular flexibility index (Phi) is 2.44. The summed E-state index contributed by atoms with van der Waals surface area (Å²) in [6.45, 7) is 2.10. The van der Waals surface area contributed by atoms with Crippen molar-refractivity contribution in [3.63, 3.8) is 0 Å². The van der Waals surface area contributed by atoms with Crippen LogP contribution in [-0.4, -0.2) is 19.9 Å². The first-order valence-electron chi connectivity index (χ1n) is 6.31. The maximum atomic E-state index is 4.63. The lowest BCUT2D eigenvalue weighted by molar-refractivity contribution is 1.30. The Morgan fingerprint density at radius 3 is 3.05 bits per heavy atom. The number of pyridine rings is 1. The van der Waals surface area contributed by atoms with Crippen LogP contribution < -0.4 is 0 Å². The van der Waals surface area contributed by atoms with Gasteiger partial charge in [-0.3, -0.25) is 0 Å². The molecular weight excluding hydrogens is 316 g/mol. The smallest absolute Gasteiger partial charge is 0.157 e. The Morgan fingerprint density at radius 2 is 2.15 bits per heavy atom. The summed E-state index contributed by atoms with van der Waals surface area (Å²) in [5.74, 6) is 0.836. The van der Waals surface area contributed by atoms with Gasteiger partial charge in [0.25, 0.3) is 0 Å². The number of nitrogens with zero attached hydrogens (tertiary/aromatic N) is 2. The van der Waals surface area contributed by atoms with Gasteiger partial charge in [-0.2, -0.15) is 0 Å². The molecule has 0 saturated carbocycles. The summed E-state index contributed by atoms with van der Waals surface area (Å²) in [7, 11) is 0. The molecule has 0 spiro atoms. The van der Waals surface area contributed by atoms with Crippen molar-refractivity contribution in [2.24, 2.45) is 0 Å². The standard InChI is InChI=1S/C15H11BrN4/c1-8-3-2-4-10-11(7-17-13(8)10)14-19-12-5-9(16)6-18-15(12)20-14/h2-7,17H,1H3,(H,18,19,20). The van der Waals surface area contributed by atoms with E-state index in [9.17, 15) is 0 Å². The van der Waals surface area contributed by atoms with Crippen LogP contribution in [0.15, 0.2) is 41.1 Å². The van der Waals surface area contributed by atoms with E-state index >= 15 is 0 Å². The largest absolute Gasteiger partial charge is 0.360 e. The fourth-order valence-corrected chi connectivity index (χ4v) is 2.82. The van der Waals surface area contributed by atoms with E-state index in [1.807, 2.05) is 12.3 Å². The molecule has 0 unspecified atom stereocenters. The highest BCUT2D eigenvalue weighted by Gasteiger charge is 2.12. The molecular formula is C15H11BrN4. The van der Waals surface area contributed by atoms with Crippen LogP contribution in [0.3, 0.4) is 0 Å². The molecule has 1 aromatic carbocycles. The van der Waals surface area contributed by atoms with Gasteiger partial charge in [0.2, 0.25) is 0 Å². The second kappa shape index (κ2) is 4.18. The van der Waals surface area contributed by atoms with Crippen LogP contribution in [0.2, 0.25) is 0 Å². The average molecular weight is 327 g/mol. The number of halogens is 1. The highest BCUT2D eigenvalue weighted by Crippen LogP contribution is 2.29. The molecule has 0 radical (unpaired) electrons. The molecule has 0 aliphatic heterocycles. The Labute approximate surface area is 123 Å². The summed E-state index contributed by atoms with van der Waals surface area (Å²) in [6.07, 6.45) is 3.76. The normalized spacial score (nSPS) is 11.5. The number of para-hydroxylation sites is 1. The third-order valence-corrected chi connectivity index (χ3v) is 3.92. The van der Waals surface area contributed by atoms with Gasteiger partial charge in [-0.15, -0.1) is 0 Å². The molecule has 0 fully saturated rings. The average Bonchev–Trinajstić information content (AvgIpc) is 3.01. The Balaban J connectivity index is 1.99. The van der Waals surface area contributed by atoms with Crippen molar-refractivity contribution >= 4 is 38.0 Å². The Morgan fingerprint density at radius 1 is 1.25 bits per heavy atom. The number of aryl methyl sites for hydroxylation is 1. The number of hydrogen-bond donors (Lipinski definition) is 2. The minimum Gasteiger partial charge on any atom is -0.360 e. The number of H-pyrrole nitrogens is 2. The predicted molar refractivity (Wildman–Crippen MR) is 83.6 cm³/mol. The van der Waals surface area contributed by atoms with E-state index in [4.69, 9.17) is 0 Å². The number of benzene rings is 1. The summed E-state index contributed by atoms with van der Waals surface area (Å²) in [5.41, 5.74) is 5.10. The number of aromatic amines is 2. The molecule has 0 bridgehead atoms. The first-order chi connectivity index (χ1) is 9.72. The molecule has 98 valence electrons. The van der Waals surface area contributed by atoms with E-state index in [0.29, 0.717) is 0 Å². The SMILES string of the molecule is Cc1cccc2c(-c3nc4cc(Br)cnc4[nH]3)c[nH]c12. The Hall–Kier alpha value is -2.14. The van der Waals surface area contributed by atoms with Gasteiger partial charge in [0.1, 0.15) is 11.3 Å². The minimum absolute atomic E-state index is 0.796. The van der Waals surface area contributed by atoms with Gasteiger partial charge >= 0.3 is 0 Å². The molecule has 0 saturated heterocycles. The van der Waals surface area contributed by atoms with Crippen molar-refractivity contribution in [3.05, 3.63) is 46.7 Å². The fraction of sp³-hybridized carbons (Fsp3) is 0.0667. The number of fused-ring (bicyclic) bond motifs is 2. The molecule has 0 aliphatic rings. The van der Waals surface area contributed by atoms with Crippen LogP contribution in [0.5, 0.6) is 0 Å². The first-order valence-corrected chi connectivity index (χ1v) is 7.10. The van der Waals surface area contributed by atoms with Gasteiger partial charge in [0, 0.05) is 33.3 Å². The van der Waals surface area contributed by atoms with Gasteiger partial charge in [-0.05, 0) is 34.5 Å². The lowest BCUT2D eigenvalue weighted by Gasteiger charge is -1.96. The van der Waals surface area contributed by atoms with Gasteiger partial charge in [0.05, 0.1) is 0 Å². The molecule has 4 aromatic rings. The van der Waals surface area contributed by atoms with Crippen LogP contribution in [0.25, 0.3) is 33.5 Å². The second-order valence-corrected chi connectivity index (χ2v) is 5.72. The van der Waals surface area contributed by atoms with Crippen LogP contribution >= 0.6 is 15.9 Å². The van der Waals surface area contributed by atoms with Crippen LogP contribution in [-0.2, 0) is 0 Å². The molecule has 0 amide bonds. The van der Waals surface area contributed by atoms with Crippen molar-refractivity contribution in [2.75, 3.05) is 0 Å².